The summed E-state index contributed by atoms with van der Waals surface area (Å²) in [7, 11) is 3.26. The number of fused-ring (bicyclic) bond motifs is 1. The summed E-state index contributed by atoms with van der Waals surface area (Å²) in [5.41, 5.74) is 0.936. The summed E-state index contributed by atoms with van der Waals surface area (Å²) in [4.78, 5) is 27.5. The van der Waals surface area contributed by atoms with Crippen molar-refractivity contribution in [2.75, 3.05) is 14.1 Å². The van der Waals surface area contributed by atoms with Crippen LogP contribution in [0.4, 0.5) is 0 Å². The van der Waals surface area contributed by atoms with Crippen molar-refractivity contribution in [1.29, 1.82) is 0 Å². The first-order valence-corrected chi connectivity index (χ1v) is 7.70. The SMILES string of the molecule is CNC(=O)CCC(=O)N(C)Sc1nc2ccccc2s1. The van der Waals surface area contributed by atoms with Gasteiger partial charge in [-0.2, -0.15) is 0 Å². The quantitative estimate of drug-likeness (QED) is 0.861. The topological polar surface area (TPSA) is 62.3 Å². The van der Waals surface area contributed by atoms with Gasteiger partial charge < -0.3 is 5.32 Å². The fourth-order valence-electron chi connectivity index (χ4n) is 1.56. The normalized spacial score (nSPS) is 10.5. The molecule has 1 N–H and O–H groups in total. The minimum atomic E-state index is -0.128. The smallest absolute Gasteiger partial charge is 0.232 e. The number of aromatic nitrogens is 1. The van der Waals surface area contributed by atoms with Gasteiger partial charge in [-0.25, -0.2) is 4.98 Å². The number of nitrogens with one attached hydrogen (secondary N) is 1. The molecule has 0 saturated heterocycles. The van der Waals surface area contributed by atoms with E-state index in [0.717, 1.165) is 14.6 Å². The molecule has 2 rings (SSSR count). The zero-order chi connectivity index (χ0) is 14.5. The number of amides is 2. The van der Waals surface area contributed by atoms with Crippen molar-refractivity contribution < 1.29 is 9.59 Å². The molecule has 1 aromatic carbocycles. The first kappa shape index (κ1) is 14.8. The van der Waals surface area contributed by atoms with E-state index in [4.69, 9.17) is 0 Å². The Morgan fingerprint density at radius 1 is 1.35 bits per heavy atom. The Hall–Kier alpha value is -1.60. The predicted octanol–water partition coefficient (Wildman–Crippen LogP) is 2.29. The van der Waals surface area contributed by atoms with Gasteiger partial charge >= 0.3 is 0 Å². The minimum absolute atomic E-state index is 0.0853. The summed E-state index contributed by atoms with van der Waals surface area (Å²) < 4.78 is 3.45. The molecule has 0 atom stereocenters. The summed E-state index contributed by atoms with van der Waals surface area (Å²) >= 11 is 2.85. The number of carbonyl (C=O) groups is 2. The molecule has 0 fully saturated rings. The molecule has 2 amide bonds. The molecule has 1 aromatic heterocycles. The van der Waals surface area contributed by atoms with E-state index in [1.54, 1.807) is 25.4 Å². The van der Waals surface area contributed by atoms with Crippen LogP contribution in [0.3, 0.4) is 0 Å². The first-order chi connectivity index (χ1) is 9.60. The molecule has 0 radical (unpaired) electrons. The average molecular weight is 309 g/mol. The lowest BCUT2D eigenvalue weighted by Crippen LogP contribution is -2.23. The molecule has 0 unspecified atom stereocenters. The van der Waals surface area contributed by atoms with Crippen LogP contribution < -0.4 is 5.32 Å². The highest BCUT2D eigenvalue weighted by atomic mass is 32.2. The molecule has 2 aromatic rings. The van der Waals surface area contributed by atoms with Crippen LogP contribution >= 0.6 is 23.3 Å². The maximum absolute atomic E-state index is 11.9. The van der Waals surface area contributed by atoms with Crippen LogP contribution in [0.2, 0.25) is 0 Å². The highest BCUT2D eigenvalue weighted by Gasteiger charge is 2.14. The molecule has 7 heteroatoms. The van der Waals surface area contributed by atoms with Crippen LogP contribution in [0.25, 0.3) is 10.2 Å². The Kier molecular flexibility index (Phi) is 4.97. The van der Waals surface area contributed by atoms with E-state index in [1.165, 1.54) is 16.3 Å². The number of para-hydroxylation sites is 1. The fraction of sp³-hybridized carbons (Fsp3) is 0.308. The maximum atomic E-state index is 11.9. The summed E-state index contributed by atoms with van der Waals surface area (Å²) in [5, 5.41) is 2.50. The average Bonchev–Trinajstić information content (AvgIpc) is 2.86. The zero-order valence-electron chi connectivity index (χ0n) is 11.3. The number of hydrogen-bond donors (Lipinski definition) is 1. The Labute approximate surface area is 125 Å². The van der Waals surface area contributed by atoms with Crippen molar-refractivity contribution in [2.45, 2.75) is 17.2 Å². The highest BCUT2D eigenvalue weighted by Crippen LogP contribution is 2.31. The molecule has 0 aliphatic heterocycles. The van der Waals surface area contributed by atoms with Crippen LogP contribution in [0, 0.1) is 0 Å². The minimum Gasteiger partial charge on any atom is -0.359 e. The van der Waals surface area contributed by atoms with Gasteiger partial charge in [-0.1, -0.05) is 12.1 Å². The van der Waals surface area contributed by atoms with Crippen molar-refractivity contribution >= 4 is 45.3 Å². The van der Waals surface area contributed by atoms with Crippen LogP contribution in [0.1, 0.15) is 12.8 Å². The Morgan fingerprint density at radius 3 is 2.80 bits per heavy atom. The molecule has 0 spiro atoms. The van der Waals surface area contributed by atoms with Gasteiger partial charge in [-0.05, 0) is 12.1 Å². The molecule has 0 bridgehead atoms. The van der Waals surface area contributed by atoms with Gasteiger partial charge in [0, 0.05) is 38.9 Å². The Balaban J connectivity index is 1.94. The fourth-order valence-corrected chi connectivity index (χ4v) is 3.58. The van der Waals surface area contributed by atoms with Crippen molar-refractivity contribution in [2.24, 2.45) is 0 Å². The Bertz CT molecular complexity index is 594. The third-order valence-corrected chi connectivity index (χ3v) is 4.71. The maximum Gasteiger partial charge on any atom is 0.232 e. The lowest BCUT2D eigenvalue weighted by molar-refractivity contribution is -0.128. The van der Waals surface area contributed by atoms with E-state index in [0.29, 0.717) is 0 Å². The monoisotopic (exact) mass is 309 g/mol. The van der Waals surface area contributed by atoms with Crippen LogP contribution in [-0.2, 0) is 9.59 Å². The highest BCUT2D eigenvalue weighted by molar-refractivity contribution is 7.99. The van der Waals surface area contributed by atoms with Gasteiger partial charge in [-0.3, -0.25) is 13.9 Å². The van der Waals surface area contributed by atoms with Crippen LogP contribution in [0.5, 0.6) is 0 Å². The van der Waals surface area contributed by atoms with E-state index < -0.39 is 0 Å². The van der Waals surface area contributed by atoms with Crippen LogP contribution in [-0.4, -0.2) is 35.2 Å². The molecule has 5 nitrogen and oxygen atoms in total. The van der Waals surface area contributed by atoms with E-state index in [-0.39, 0.29) is 24.7 Å². The Morgan fingerprint density at radius 2 is 2.10 bits per heavy atom. The number of carbonyl (C=O) groups excluding carboxylic acids is 2. The molecule has 0 aliphatic carbocycles. The second-order valence-corrected chi connectivity index (χ2v) is 6.51. The largest absolute Gasteiger partial charge is 0.359 e. The summed E-state index contributed by atoms with van der Waals surface area (Å²) in [5.74, 6) is -0.213. The number of nitrogens with zero attached hydrogens (tertiary/aromatic N) is 2. The number of benzene rings is 1. The van der Waals surface area contributed by atoms with Crippen molar-refractivity contribution in [3.05, 3.63) is 24.3 Å². The van der Waals surface area contributed by atoms with Gasteiger partial charge in [-0.15, -0.1) is 11.3 Å². The van der Waals surface area contributed by atoms with Gasteiger partial charge in [0.05, 0.1) is 10.2 Å². The summed E-state index contributed by atoms with van der Waals surface area (Å²) in [6.07, 6.45) is 0.411. The van der Waals surface area contributed by atoms with Crippen LogP contribution in [0.15, 0.2) is 28.6 Å². The second kappa shape index (κ2) is 6.71. The zero-order valence-corrected chi connectivity index (χ0v) is 12.9. The van der Waals surface area contributed by atoms with Gasteiger partial charge in [0.15, 0.2) is 4.34 Å². The molecule has 1 heterocycles. The van der Waals surface area contributed by atoms with Crippen molar-refractivity contribution in [3.8, 4) is 0 Å². The van der Waals surface area contributed by atoms with Gasteiger partial charge in [0.1, 0.15) is 0 Å². The predicted molar refractivity (Wildman–Crippen MR) is 81.5 cm³/mol. The number of thiazole rings is 1. The number of hydrogen-bond acceptors (Lipinski definition) is 5. The van der Waals surface area contributed by atoms with E-state index in [2.05, 4.69) is 10.3 Å². The molecular weight excluding hydrogens is 294 g/mol. The van der Waals surface area contributed by atoms with Crippen molar-refractivity contribution in [1.82, 2.24) is 14.6 Å². The first-order valence-electron chi connectivity index (χ1n) is 6.11. The third-order valence-electron chi connectivity index (χ3n) is 2.69. The molecule has 0 aliphatic rings. The van der Waals surface area contributed by atoms with E-state index >= 15 is 0 Å². The molecule has 20 heavy (non-hydrogen) atoms. The third kappa shape index (κ3) is 3.71. The van der Waals surface area contributed by atoms with E-state index in [1.807, 2.05) is 24.3 Å². The van der Waals surface area contributed by atoms with Crippen molar-refractivity contribution in [3.63, 3.8) is 0 Å². The number of rotatable bonds is 5. The molecule has 0 saturated carbocycles. The van der Waals surface area contributed by atoms with Gasteiger partial charge in [0.25, 0.3) is 0 Å². The molecular formula is C13H15N3O2S2. The summed E-state index contributed by atoms with van der Waals surface area (Å²) in [6.45, 7) is 0. The molecule has 106 valence electrons. The van der Waals surface area contributed by atoms with E-state index in [9.17, 15) is 9.59 Å². The van der Waals surface area contributed by atoms with Gasteiger partial charge in [0.2, 0.25) is 11.8 Å². The summed E-state index contributed by atoms with van der Waals surface area (Å²) in [6, 6.07) is 7.86. The second-order valence-electron chi connectivity index (χ2n) is 4.10. The lowest BCUT2D eigenvalue weighted by Gasteiger charge is -2.13. The lowest BCUT2D eigenvalue weighted by atomic mass is 10.3. The standard InChI is InChI=1S/C13H15N3O2S2/c1-14-11(17)7-8-12(18)16(2)20-13-15-9-5-3-4-6-10(9)19-13/h3-6H,7-8H2,1-2H3,(H,14,17).